The number of rotatable bonds is 4. The van der Waals surface area contributed by atoms with Crippen LogP contribution in [0.25, 0.3) is 0 Å². The van der Waals surface area contributed by atoms with Gasteiger partial charge in [-0.15, -0.1) is 0 Å². The number of hydrogen-bond acceptors (Lipinski definition) is 2. The van der Waals surface area contributed by atoms with E-state index in [4.69, 9.17) is 22.1 Å². The van der Waals surface area contributed by atoms with Gasteiger partial charge < -0.3 is 10.5 Å². The van der Waals surface area contributed by atoms with Gasteiger partial charge in [0.1, 0.15) is 11.5 Å². The van der Waals surface area contributed by atoms with Crippen LogP contribution in [0.4, 0.5) is 0 Å². The number of benzene rings is 2. The summed E-state index contributed by atoms with van der Waals surface area (Å²) < 4.78 is 6.86. The van der Waals surface area contributed by atoms with Crippen LogP contribution in [0.15, 0.2) is 40.9 Å². The molecule has 0 aliphatic carbocycles. The second kappa shape index (κ2) is 6.42. The lowest BCUT2D eigenvalue weighted by Gasteiger charge is -2.12. The summed E-state index contributed by atoms with van der Waals surface area (Å²) in [4.78, 5) is 0. The van der Waals surface area contributed by atoms with Crippen LogP contribution in [0.2, 0.25) is 5.02 Å². The van der Waals surface area contributed by atoms with Crippen LogP contribution in [0.1, 0.15) is 11.1 Å². The van der Waals surface area contributed by atoms with Crippen molar-refractivity contribution in [3.05, 3.63) is 57.0 Å². The number of nitrogens with two attached hydrogens (primary N) is 1. The standard InChI is InChI=1S/C15H15BrClNO/c1-10-2-5-14(13(16)8-10)19-15-9-12(17)4-3-11(15)6-7-18/h2-5,8-9H,6-7,18H2,1H3. The smallest absolute Gasteiger partial charge is 0.141 e. The van der Waals surface area contributed by atoms with Crippen LogP contribution >= 0.6 is 27.5 Å². The van der Waals surface area contributed by atoms with Gasteiger partial charge in [0.2, 0.25) is 0 Å². The lowest BCUT2D eigenvalue weighted by Crippen LogP contribution is -2.04. The maximum atomic E-state index is 6.03. The fraction of sp³-hybridized carbons (Fsp3) is 0.200. The molecule has 0 aliphatic rings. The SMILES string of the molecule is Cc1ccc(Oc2cc(Cl)ccc2CCN)c(Br)c1. The van der Waals surface area contributed by atoms with E-state index in [2.05, 4.69) is 15.9 Å². The Bertz CT molecular complexity index is 586. The third kappa shape index (κ3) is 3.72. The van der Waals surface area contributed by atoms with E-state index < -0.39 is 0 Å². The summed E-state index contributed by atoms with van der Waals surface area (Å²) in [6, 6.07) is 11.6. The molecular formula is C15H15BrClNO. The maximum absolute atomic E-state index is 6.03. The minimum absolute atomic E-state index is 0.576. The highest BCUT2D eigenvalue weighted by Gasteiger charge is 2.08. The highest BCUT2D eigenvalue weighted by atomic mass is 79.9. The third-order valence-corrected chi connectivity index (χ3v) is 3.60. The van der Waals surface area contributed by atoms with Crippen LogP contribution in [0.3, 0.4) is 0 Å². The first-order valence-corrected chi connectivity index (χ1v) is 7.20. The Morgan fingerprint density at radius 1 is 1.16 bits per heavy atom. The summed E-state index contributed by atoms with van der Waals surface area (Å²) in [6.07, 6.45) is 0.760. The average molecular weight is 341 g/mol. The monoisotopic (exact) mass is 339 g/mol. The van der Waals surface area contributed by atoms with Crippen LogP contribution < -0.4 is 10.5 Å². The highest BCUT2D eigenvalue weighted by molar-refractivity contribution is 9.10. The molecule has 0 saturated carbocycles. The number of halogens is 2. The van der Waals surface area contributed by atoms with E-state index in [0.29, 0.717) is 11.6 Å². The summed E-state index contributed by atoms with van der Waals surface area (Å²) in [7, 11) is 0. The zero-order chi connectivity index (χ0) is 13.8. The lowest BCUT2D eigenvalue weighted by atomic mass is 10.1. The molecule has 4 heteroatoms. The van der Waals surface area contributed by atoms with Gasteiger partial charge in [0.25, 0.3) is 0 Å². The van der Waals surface area contributed by atoms with Gasteiger partial charge in [-0.05, 0) is 71.2 Å². The highest BCUT2D eigenvalue weighted by Crippen LogP contribution is 2.33. The molecule has 0 saturated heterocycles. The zero-order valence-corrected chi connectivity index (χ0v) is 13.0. The van der Waals surface area contributed by atoms with Gasteiger partial charge in [-0.2, -0.15) is 0 Å². The van der Waals surface area contributed by atoms with E-state index in [9.17, 15) is 0 Å². The van der Waals surface area contributed by atoms with Crippen molar-refractivity contribution in [2.75, 3.05) is 6.54 Å². The Morgan fingerprint density at radius 2 is 1.95 bits per heavy atom. The van der Waals surface area contributed by atoms with E-state index in [1.165, 1.54) is 5.56 Å². The molecule has 0 atom stereocenters. The zero-order valence-electron chi connectivity index (χ0n) is 10.6. The molecule has 2 N–H and O–H groups in total. The molecule has 0 spiro atoms. The summed E-state index contributed by atoms with van der Waals surface area (Å²) in [5.74, 6) is 1.52. The molecule has 0 fully saturated rings. The summed E-state index contributed by atoms with van der Waals surface area (Å²) in [5.41, 5.74) is 7.84. The fourth-order valence-electron chi connectivity index (χ4n) is 1.79. The molecule has 2 aromatic carbocycles. The van der Waals surface area contributed by atoms with Gasteiger partial charge in [0.15, 0.2) is 0 Å². The third-order valence-electron chi connectivity index (χ3n) is 2.75. The lowest BCUT2D eigenvalue weighted by molar-refractivity contribution is 0.473. The average Bonchev–Trinajstić information content (AvgIpc) is 2.36. The van der Waals surface area contributed by atoms with Crippen molar-refractivity contribution < 1.29 is 4.74 Å². The molecular weight excluding hydrogens is 326 g/mol. The predicted octanol–water partition coefficient (Wildman–Crippen LogP) is 4.70. The Labute approximate surface area is 126 Å². The van der Waals surface area contributed by atoms with Crippen molar-refractivity contribution in [2.24, 2.45) is 5.73 Å². The minimum atomic E-state index is 0.576. The molecule has 0 aromatic heterocycles. The van der Waals surface area contributed by atoms with E-state index >= 15 is 0 Å². The van der Waals surface area contributed by atoms with Gasteiger partial charge >= 0.3 is 0 Å². The van der Waals surface area contributed by atoms with E-state index in [-0.39, 0.29) is 0 Å². The van der Waals surface area contributed by atoms with Crippen LogP contribution in [0, 0.1) is 6.92 Å². The molecule has 0 aliphatic heterocycles. The van der Waals surface area contributed by atoms with E-state index in [1.807, 2.05) is 43.3 Å². The topological polar surface area (TPSA) is 35.2 Å². The molecule has 0 radical (unpaired) electrons. The minimum Gasteiger partial charge on any atom is -0.456 e. The largest absolute Gasteiger partial charge is 0.456 e. The molecule has 19 heavy (non-hydrogen) atoms. The maximum Gasteiger partial charge on any atom is 0.141 e. The molecule has 0 bridgehead atoms. The van der Waals surface area contributed by atoms with Crippen molar-refractivity contribution in [1.29, 1.82) is 0 Å². The first kappa shape index (κ1) is 14.4. The Morgan fingerprint density at radius 3 is 2.63 bits per heavy atom. The second-order valence-corrected chi connectivity index (χ2v) is 5.62. The molecule has 0 unspecified atom stereocenters. The predicted molar refractivity (Wildman–Crippen MR) is 83.2 cm³/mol. The number of ether oxygens (including phenoxy) is 1. The second-order valence-electron chi connectivity index (χ2n) is 4.33. The van der Waals surface area contributed by atoms with Crippen molar-refractivity contribution in [3.8, 4) is 11.5 Å². The van der Waals surface area contributed by atoms with Crippen molar-refractivity contribution in [3.63, 3.8) is 0 Å². The van der Waals surface area contributed by atoms with E-state index in [0.717, 1.165) is 28.0 Å². The van der Waals surface area contributed by atoms with Crippen LogP contribution in [0.5, 0.6) is 11.5 Å². The quantitative estimate of drug-likeness (QED) is 0.875. The Balaban J connectivity index is 2.33. The Hall–Kier alpha value is -1.03. The number of aryl methyl sites for hydroxylation is 1. The Kier molecular flexibility index (Phi) is 4.86. The first-order chi connectivity index (χ1) is 9.10. The molecule has 0 heterocycles. The van der Waals surface area contributed by atoms with Crippen molar-refractivity contribution in [2.45, 2.75) is 13.3 Å². The van der Waals surface area contributed by atoms with Crippen molar-refractivity contribution in [1.82, 2.24) is 0 Å². The molecule has 100 valence electrons. The van der Waals surface area contributed by atoms with Crippen LogP contribution in [-0.2, 0) is 6.42 Å². The molecule has 0 amide bonds. The van der Waals surface area contributed by atoms with Crippen LogP contribution in [-0.4, -0.2) is 6.54 Å². The summed E-state index contributed by atoms with van der Waals surface area (Å²) in [6.45, 7) is 2.61. The summed E-state index contributed by atoms with van der Waals surface area (Å²) >= 11 is 9.53. The molecule has 2 nitrogen and oxygen atoms in total. The van der Waals surface area contributed by atoms with Gasteiger partial charge in [0.05, 0.1) is 4.47 Å². The normalized spacial score (nSPS) is 10.5. The van der Waals surface area contributed by atoms with Gasteiger partial charge in [-0.1, -0.05) is 23.7 Å². The first-order valence-electron chi connectivity index (χ1n) is 6.02. The molecule has 2 aromatic rings. The molecule has 2 rings (SSSR count). The van der Waals surface area contributed by atoms with Gasteiger partial charge in [0, 0.05) is 5.02 Å². The van der Waals surface area contributed by atoms with Crippen molar-refractivity contribution >= 4 is 27.5 Å². The van der Waals surface area contributed by atoms with Gasteiger partial charge in [-0.3, -0.25) is 0 Å². The fourth-order valence-corrected chi connectivity index (χ4v) is 2.53. The summed E-state index contributed by atoms with van der Waals surface area (Å²) in [5, 5.41) is 0.652. The van der Waals surface area contributed by atoms with E-state index in [1.54, 1.807) is 0 Å². The van der Waals surface area contributed by atoms with Gasteiger partial charge in [-0.25, -0.2) is 0 Å². The number of hydrogen-bond donors (Lipinski definition) is 1.